The van der Waals surface area contributed by atoms with E-state index in [0.29, 0.717) is 18.7 Å². The second-order valence-electron chi connectivity index (χ2n) is 5.10. The molecule has 0 aromatic rings. The molecule has 0 radical (unpaired) electrons. The molecule has 6 heteroatoms. The van der Waals surface area contributed by atoms with E-state index in [9.17, 15) is 13.2 Å². The average molecular weight is 312 g/mol. The fourth-order valence-corrected chi connectivity index (χ4v) is 2.94. The van der Waals surface area contributed by atoms with Crippen molar-refractivity contribution >= 4 is 21.1 Å². The minimum atomic E-state index is -2.42. The molecule has 2 N–H and O–H groups in total. The standard InChI is InChI=1S/C15H24N2O3S/c1-5-10(4)11-8-9-12(21(19)20)14(16)13(11)15(18)17(6-2)7-3/h8-10,14H,5-7,16H2,1-4H3. The average Bonchev–Trinajstić information content (AvgIpc) is 2.46. The lowest BCUT2D eigenvalue weighted by Crippen LogP contribution is -2.44. The Labute approximate surface area is 128 Å². The fraction of sp³-hybridized carbons (Fsp3) is 0.600. The van der Waals surface area contributed by atoms with Crippen molar-refractivity contribution in [2.24, 2.45) is 11.7 Å². The van der Waals surface area contributed by atoms with Gasteiger partial charge in [0.25, 0.3) is 5.91 Å². The van der Waals surface area contributed by atoms with E-state index in [1.54, 1.807) is 11.0 Å². The van der Waals surface area contributed by atoms with Crippen LogP contribution in [0.3, 0.4) is 0 Å². The topological polar surface area (TPSA) is 80.5 Å². The number of nitrogens with zero attached hydrogens (tertiary/aromatic N) is 1. The maximum atomic E-state index is 12.7. The molecular weight excluding hydrogens is 288 g/mol. The Kier molecular flexibility index (Phi) is 6.36. The molecular formula is C15H24N2O3S. The molecule has 1 rings (SSSR count). The highest BCUT2D eigenvalue weighted by Gasteiger charge is 2.31. The summed E-state index contributed by atoms with van der Waals surface area (Å²) >= 11 is 0. The summed E-state index contributed by atoms with van der Waals surface area (Å²) < 4.78 is 22.5. The summed E-state index contributed by atoms with van der Waals surface area (Å²) in [5.74, 6) is -0.0152. The van der Waals surface area contributed by atoms with Crippen LogP contribution in [0.5, 0.6) is 0 Å². The molecule has 0 fully saturated rings. The molecule has 0 heterocycles. The largest absolute Gasteiger partial charge is 0.339 e. The number of nitrogens with two attached hydrogens (primary N) is 1. The summed E-state index contributed by atoms with van der Waals surface area (Å²) in [6.45, 7) is 8.97. The Balaban J connectivity index is 3.46. The van der Waals surface area contributed by atoms with E-state index in [1.807, 2.05) is 27.7 Å². The maximum absolute atomic E-state index is 12.7. The highest BCUT2D eigenvalue weighted by Crippen LogP contribution is 2.27. The molecule has 5 nitrogen and oxygen atoms in total. The number of amides is 1. The van der Waals surface area contributed by atoms with E-state index in [-0.39, 0.29) is 16.7 Å². The van der Waals surface area contributed by atoms with Gasteiger partial charge in [0.2, 0.25) is 10.3 Å². The van der Waals surface area contributed by atoms with Crippen molar-refractivity contribution in [1.82, 2.24) is 4.90 Å². The SMILES string of the molecule is CCC(C)C1=C(C(=O)N(CC)CC)C(N)C(=S(=O)=O)C=C1. The van der Waals surface area contributed by atoms with Crippen molar-refractivity contribution in [3.05, 3.63) is 23.3 Å². The molecule has 2 unspecified atom stereocenters. The van der Waals surface area contributed by atoms with Crippen LogP contribution in [0.25, 0.3) is 0 Å². The van der Waals surface area contributed by atoms with Gasteiger partial charge in [-0.25, -0.2) is 0 Å². The first-order valence-corrected chi connectivity index (χ1v) is 8.39. The summed E-state index contributed by atoms with van der Waals surface area (Å²) in [6.07, 6.45) is 4.09. The fourth-order valence-electron chi connectivity index (χ4n) is 2.43. The zero-order valence-corrected chi connectivity index (χ0v) is 13.9. The third kappa shape index (κ3) is 3.63. The van der Waals surface area contributed by atoms with E-state index in [4.69, 9.17) is 5.73 Å². The second-order valence-corrected chi connectivity index (χ2v) is 6.04. The highest BCUT2D eigenvalue weighted by atomic mass is 32.2. The van der Waals surface area contributed by atoms with E-state index >= 15 is 0 Å². The van der Waals surface area contributed by atoms with Crippen molar-refractivity contribution in [2.75, 3.05) is 13.1 Å². The quantitative estimate of drug-likeness (QED) is 0.772. The van der Waals surface area contributed by atoms with E-state index in [1.165, 1.54) is 6.08 Å². The van der Waals surface area contributed by atoms with Crippen LogP contribution < -0.4 is 5.73 Å². The monoisotopic (exact) mass is 312 g/mol. The number of rotatable bonds is 5. The van der Waals surface area contributed by atoms with Gasteiger partial charge < -0.3 is 10.6 Å². The van der Waals surface area contributed by atoms with Crippen molar-refractivity contribution in [1.29, 1.82) is 0 Å². The van der Waals surface area contributed by atoms with Crippen molar-refractivity contribution in [2.45, 2.75) is 40.2 Å². The van der Waals surface area contributed by atoms with Crippen LogP contribution in [0.2, 0.25) is 0 Å². The zero-order valence-electron chi connectivity index (χ0n) is 13.1. The molecule has 1 amide bonds. The molecule has 21 heavy (non-hydrogen) atoms. The van der Waals surface area contributed by atoms with Crippen molar-refractivity contribution in [3.8, 4) is 0 Å². The molecule has 1 aliphatic rings. The van der Waals surface area contributed by atoms with Crippen molar-refractivity contribution < 1.29 is 13.2 Å². The minimum Gasteiger partial charge on any atom is -0.339 e. The van der Waals surface area contributed by atoms with Crippen LogP contribution in [0, 0.1) is 5.92 Å². The van der Waals surface area contributed by atoms with Crippen LogP contribution >= 0.6 is 0 Å². The number of allylic oxidation sites excluding steroid dienone is 2. The Morgan fingerprint density at radius 1 is 1.29 bits per heavy atom. The number of carbonyl (C=O) groups is 1. The zero-order chi connectivity index (χ0) is 16.2. The highest BCUT2D eigenvalue weighted by molar-refractivity contribution is 7.73. The van der Waals surface area contributed by atoms with Gasteiger partial charge in [-0.1, -0.05) is 19.9 Å². The molecule has 0 saturated carbocycles. The number of hydrogen-bond donors (Lipinski definition) is 1. The minimum absolute atomic E-state index is 0.0672. The first-order chi connectivity index (χ1) is 9.88. The smallest absolute Gasteiger partial charge is 0.252 e. The summed E-state index contributed by atoms with van der Waals surface area (Å²) in [6, 6.07) is -0.884. The van der Waals surface area contributed by atoms with Gasteiger partial charge in [-0.3, -0.25) is 4.79 Å². The van der Waals surface area contributed by atoms with E-state index in [2.05, 4.69) is 0 Å². The Hall–Kier alpha value is -1.40. The number of hydrogen-bond acceptors (Lipinski definition) is 4. The Bertz CT molecular complexity index is 590. The first-order valence-electron chi connectivity index (χ1n) is 7.31. The summed E-state index contributed by atoms with van der Waals surface area (Å²) in [4.78, 5) is 14.4. The molecule has 0 aliphatic heterocycles. The van der Waals surface area contributed by atoms with Gasteiger partial charge in [0.15, 0.2) is 0 Å². The first kappa shape index (κ1) is 17.7. The normalized spacial score (nSPS) is 19.7. The van der Waals surface area contributed by atoms with Gasteiger partial charge in [0.1, 0.15) is 0 Å². The van der Waals surface area contributed by atoms with Gasteiger partial charge in [-0.2, -0.15) is 8.42 Å². The molecule has 0 bridgehead atoms. The summed E-state index contributed by atoms with van der Waals surface area (Å²) in [5.41, 5.74) is 7.32. The Morgan fingerprint density at radius 3 is 2.29 bits per heavy atom. The maximum Gasteiger partial charge on any atom is 0.252 e. The molecule has 1 aliphatic carbocycles. The lowest BCUT2D eigenvalue weighted by atomic mass is 9.84. The van der Waals surface area contributed by atoms with Crippen molar-refractivity contribution in [3.63, 3.8) is 0 Å². The van der Waals surface area contributed by atoms with Crippen LogP contribution in [-0.4, -0.2) is 43.2 Å². The molecule has 2 atom stereocenters. The summed E-state index contributed by atoms with van der Waals surface area (Å²) in [5, 5.41) is 0. The van der Waals surface area contributed by atoms with Gasteiger partial charge in [0.05, 0.1) is 10.9 Å². The van der Waals surface area contributed by atoms with Gasteiger partial charge >= 0.3 is 0 Å². The van der Waals surface area contributed by atoms with Gasteiger partial charge in [0, 0.05) is 18.7 Å². The molecule has 118 valence electrons. The molecule has 0 aromatic heterocycles. The number of likely N-dealkylation sites (N-methyl/N-ethyl adjacent to an activating group) is 1. The van der Waals surface area contributed by atoms with Crippen LogP contribution in [0.4, 0.5) is 0 Å². The van der Waals surface area contributed by atoms with Gasteiger partial charge in [-0.05, 0) is 37.8 Å². The second kappa shape index (κ2) is 7.56. The predicted molar refractivity (Wildman–Crippen MR) is 85.5 cm³/mol. The summed E-state index contributed by atoms with van der Waals surface area (Å²) in [7, 11) is -2.42. The third-order valence-corrected chi connectivity index (χ3v) is 4.75. The lowest BCUT2D eigenvalue weighted by Gasteiger charge is -2.29. The Morgan fingerprint density at radius 2 is 1.86 bits per heavy atom. The van der Waals surface area contributed by atoms with Crippen LogP contribution in [0.15, 0.2) is 23.3 Å². The predicted octanol–water partition coefficient (Wildman–Crippen LogP) is 1.15. The van der Waals surface area contributed by atoms with Crippen LogP contribution in [0.1, 0.15) is 34.1 Å². The van der Waals surface area contributed by atoms with E-state index in [0.717, 1.165) is 12.0 Å². The lowest BCUT2D eigenvalue weighted by molar-refractivity contribution is -0.127. The number of carbonyl (C=O) groups excluding carboxylic acids is 1. The molecule has 0 aromatic carbocycles. The van der Waals surface area contributed by atoms with Gasteiger partial charge in [-0.15, -0.1) is 0 Å². The van der Waals surface area contributed by atoms with Crippen LogP contribution in [-0.2, 0) is 15.1 Å². The van der Waals surface area contributed by atoms with E-state index < -0.39 is 16.3 Å². The molecule has 0 spiro atoms. The third-order valence-electron chi connectivity index (χ3n) is 3.97. The molecule has 0 saturated heterocycles.